The minimum atomic E-state index is -0.189. The average Bonchev–Trinajstić information content (AvgIpc) is 3.38. The van der Waals surface area contributed by atoms with Crippen LogP contribution in [-0.4, -0.2) is 41.6 Å². The lowest BCUT2D eigenvalue weighted by Gasteiger charge is -2.36. The molecule has 2 atom stereocenters. The van der Waals surface area contributed by atoms with Crippen LogP contribution in [0.3, 0.4) is 0 Å². The van der Waals surface area contributed by atoms with E-state index in [0.29, 0.717) is 11.8 Å². The molecule has 0 saturated carbocycles. The number of fused-ring (bicyclic) bond motifs is 1. The minimum Gasteiger partial charge on any atom is -0.368 e. The summed E-state index contributed by atoms with van der Waals surface area (Å²) in [4.78, 5) is 19.2. The molecule has 160 valence electrons. The van der Waals surface area contributed by atoms with Crippen LogP contribution in [0.15, 0.2) is 60.8 Å². The summed E-state index contributed by atoms with van der Waals surface area (Å²) in [5, 5.41) is 1.17. The van der Waals surface area contributed by atoms with Crippen LogP contribution in [0.25, 0.3) is 22.0 Å². The maximum atomic E-state index is 12.6. The average molecular weight is 415 g/mol. The van der Waals surface area contributed by atoms with Crippen LogP contribution in [0.5, 0.6) is 0 Å². The Hall–Kier alpha value is -2.72. The molecule has 1 aromatic heterocycles. The third-order valence-electron chi connectivity index (χ3n) is 7.12. The zero-order chi connectivity index (χ0) is 21.2. The van der Waals surface area contributed by atoms with Crippen LogP contribution in [-0.2, 0) is 9.53 Å². The van der Waals surface area contributed by atoms with Gasteiger partial charge in [0.25, 0.3) is 5.91 Å². The zero-order valence-corrected chi connectivity index (χ0v) is 18.2. The van der Waals surface area contributed by atoms with Gasteiger partial charge in [-0.25, -0.2) is 0 Å². The molecule has 5 rings (SSSR count). The molecule has 0 aliphatic carbocycles. The van der Waals surface area contributed by atoms with Crippen LogP contribution in [0.4, 0.5) is 0 Å². The third-order valence-corrected chi connectivity index (χ3v) is 7.12. The number of likely N-dealkylation sites (tertiary alicyclic amines) is 1. The Morgan fingerprint density at radius 1 is 1.03 bits per heavy atom. The van der Waals surface area contributed by atoms with Crippen LogP contribution in [0.2, 0.25) is 0 Å². The number of amides is 1. The fraction of sp³-hybridized carbons (Fsp3) is 0.407. The van der Waals surface area contributed by atoms with E-state index in [4.69, 9.17) is 4.74 Å². The number of hydrogen-bond donors (Lipinski definition) is 0. The lowest BCUT2D eigenvalue weighted by Crippen LogP contribution is -2.44. The van der Waals surface area contributed by atoms with E-state index in [9.17, 15) is 4.79 Å². The Labute approximate surface area is 184 Å². The smallest absolute Gasteiger partial charge is 0.251 e. The first kappa shape index (κ1) is 20.2. The van der Waals surface area contributed by atoms with Crippen molar-refractivity contribution in [2.24, 2.45) is 5.92 Å². The lowest BCUT2D eigenvalue weighted by molar-refractivity contribution is -0.142. The van der Waals surface area contributed by atoms with Gasteiger partial charge in [-0.1, -0.05) is 49.4 Å². The molecule has 3 heterocycles. The van der Waals surface area contributed by atoms with E-state index in [2.05, 4.69) is 54.4 Å². The first-order chi connectivity index (χ1) is 15.2. The van der Waals surface area contributed by atoms with E-state index in [1.807, 2.05) is 23.2 Å². The fourth-order valence-corrected chi connectivity index (χ4v) is 5.08. The standard InChI is InChI=1S/C27H30N2O2/c1-19(21-12-14-29(15-13-21)27(30)26-7-4-16-31-26)20-8-10-22(11-9-20)24-17-23-5-2-3-6-25(23)28-18-24/h2-3,5-6,8-11,17-19,21,26H,4,7,12-16H2,1H3. The predicted octanol–water partition coefficient (Wildman–Crippen LogP) is 5.42. The first-order valence-corrected chi connectivity index (χ1v) is 11.5. The third kappa shape index (κ3) is 4.22. The molecule has 3 aromatic rings. The second-order valence-electron chi connectivity index (χ2n) is 8.99. The number of hydrogen-bond acceptors (Lipinski definition) is 3. The molecule has 31 heavy (non-hydrogen) atoms. The summed E-state index contributed by atoms with van der Waals surface area (Å²) in [5.41, 5.74) is 4.76. The fourth-order valence-electron chi connectivity index (χ4n) is 5.08. The summed E-state index contributed by atoms with van der Waals surface area (Å²) in [6.07, 6.45) is 5.79. The Morgan fingerprint density at radius 3 is 2.55 bits per heavy atom. The van der Waals surface area contributed by atoms with E-state index in [1.165, 1.54) is 16.5 Å². The molecule has 4 nitrogen and oxygen atoms in total. The Bertz CT molecular complexity index is 1050. The number of rotatable bonds is 4. The second-order valence-corrected chi connectivity index (χ2v) is 8.99. The Morgan fingerprint density at radius 2 is 1.81 bits per heavy atom. The van der Waals surface area contributed by atoms with Gasteiger partial charge in [0.1, 0.15) is 6.10 Å². The number of ether oxygens (including phenoxy) is 1. The van der Waals surface area contributed by atoms with Crippen molar-refractivity contribution < 1.29 is 9.53 Å². The molecule has 2 unspecified atom stereocenters. The number of carbonyl (C=O) groups excluding carboxylic acids is 1. The predicted molar refractivity (Wildman–Crippen MR) is 124 cm³/mol. The molecule has 0 N–H and O–H groups in total. The number of nitrogens with zero attached hydrogens (tertiary/aromatic N) is 2. The molecule has 2 aliphatic heterocycles. The quantitative estimate of drug-likeness (QED) is 0.572. The topological polar surface area (TPSA) is 42.4 Å². The van der Waals surface area contributed by atoms with Gasteiger partial charge in [-0.15, -0.1) is 0 Å². The summed E-state index contributed by atoms with van der Waals surface area (Å²) in [7, 11) is 0. The summed E-state index contributed by atoms with van der Waals surface area (Å²) < 4.78 is 5.59. The van der Waals surface area contributed by atoms with Crippen molar-refractivity contribution in [3.63, 3.8) is 0 Å². The molecule has 2 saturated heterocycles. The van der Waals surface area contributed by atoms with Gasteiger partial charge >= 0.3 is 0 Å². The zero-order valence-electron chi connectivity index (χ0n) is 18.2. The summed E-state index contributed by atoms with van der Waals surface area (Å²) in [6.45, 7) is 4.77. The number of benzene rings is 2. The SMILES string of the molecule is CC(c1ccc(-c2cnc3ccccc3c2)cc1)C1CCN(C(=O)C2CCCO2)CC1. The normalized spacial score (nSPS) is 20.8. The van der Waals surface area contributed by atoms with Crippen molar-refractivity contribution in [1.29, 1.82) is 0 Å². The van der Waals surface area contributed by atoms with Crippen molar-refractivity contribution in [3.8, 4) is 11.1 Å². The molecular formula is C27H30N2O2. The highest BCUT2D eigenvalue weighted by Crippen LogP contribution is 2.34. The summed E-state index contributed by atoms with van der Waals surface area (Å²) in [6, 6.07) is 19.4. The monoisotopic (exact) mass is 414 g/mol. The van der Waals surface area contributed by atoms with Gasteiger partial charge in [-0.3, -0.25) is 9.78 Å². The highest BCUT2D eigenvalue weighted by atomic mass is 16.5. The Balaban J connectivity index is 1.23. The molecule has 2 fully saturated rings. The second kappa shape index (κ2) is 8.80. The molecule has 1 amide bonds. The van der Waals surface area contributed by atoms with E-state index < -0.39 is 0 Å². The number of carbonyl (C=O) groups is 1. The number of aromatic nitrogens is 1. The van der Waals surface area contributed by atoms with E-state index in [1.54, 1.807) is 0 Å². The summed E-state index contributed by atoms with van der Waals surface area (Å²) in [5.74, 6) is 1.31. The number of para-hydroxylation sites is 1. The van der Waals surface area contributed by atoms with Crippen molar-refractivity contribution in [3.05, 3.63) is 66.4 Å². The van der Waals surface area contributed by atoms with E-state index >= 15 is 0 Å². The molecule has 0 bridgehead atoms. The molecule has 0 radical (unpaired) electrons. The first-order valence-electron chi connectivity index (χ1n) is 11.5. The van der Waals surface area contributed by atoms with Gasteiger partial charge in [-0.2, -0.15) is 0 Å². The van der Waals surface area contributed by atoms with Crippen molar-refractivity contribution in [2.45, 2.75) is 44.6 Å². The van der Waals surface area contributed by atoms with Crippen LogP contribution in [0.1, 0.15) is 44.1 Å². The highest BCUT2D eigenvalue weighted by Gasteiger charge is 2.32. The maximum absolute atomic E-state index is 12.6. The number of piperidine rings is 1. The van der Waals surface area contributed by atoms with Gasteiger partial charge in [0.05, 0.1) is 5.52 Å². The van der Waals surface area contributed by atoms with Crippen LogP contribution >= 0.6 is 0 Å². The van der Waals surface area contributed by atoms with Gasteiger partial charge < -0.3 is 9.64 Å². The largest absolute Gasteiger partial charge is 0.368 e. The molecular weight excluding hydrogens is 384 g/mol. The van der Waals surface area contributed by atoms with Gasteiger partial charge in [-0.05, 0) is 60.8 Å². The molecule has 2 aliphatic rings. The van der Waals surface area contributed by atoms with Gasteiger partial charge in [0.15, 0.2) is 0 Å². The molecule has 4 heteroatoms. The number of pyridine rings is 1. The minimum absolute atomic E-state index is 0.189. The van der Waals surface area contributed by atoms with Crippen molar-refractivity contribution in [1.82, 2.24) is 9.88 Å². The van der Waals surface area contributed by atoms with Gasteiger partial charge in [0.2, 0.25) is 0 Å². The maximum Gasteiger partial charge on any atom is 0.251 e. The summed E-state index contributed by atoms with van der Waals surface area (Å²) >= 11 is 0. The van der Waals surface area contributed by atoms with Gasteiger partial charge in [0, 0.05) is 36.8 Å². The molecule has 2 aromatic carbocycles. The Kier molecular flexibility index (Phi) is 5.73. The van der Waals surface area contributed by atoms with E-state index in [0.717, 1.165) is 56.5 Å². The van der Waals surface area contributed by atoms with E-state index in [-0.39, 0.29) is 12.0 Å². The van der Waals surface area contributed by atoms with Crippen molar-refractivity contribution in [2.75, 3.05) is 19.7 Å². The van der Waals surface area contributed by atoms with Crippen LogP contribution < -0.4 is 0 Å². The molecule has 0 spiro atoms. The lowest BCUT2D eigenvalue weighted by atomic mass is 9.81. The highest BCUT2D eigenvalue weighted by molar-refractivity contribution is 5.83. The van der Waals surface area contributed by atoms with Crippen molar-refractivity contribution >= 4 is 16.8 Å². The van der Waals surface area contributed by atoms with Crippen LogP contribution in [0, 0.1) is 5.92 Å².